The molecule has 1 aliphatic carbocycles. The van der Waals surface area contributed by atoms with E-state index in [1.54, 1.807) is 0 Å². The summed E-state index contributed by atoms with van der Waals surface area (Å²) in [7, 11) is 4.03. The summed E-state index contributed by atoms with van der Waals surface area (Å²) in [5.41, 5.74) is 2.72. The summed E-state index contributed by atoms with van der Waals surface area (Å²) < 4.78 is 5.61. The lowest BCUT2D eigenvalue weighted by Crippen LogP contribution is -2.28. The molecule has 3 atom stereocenters. The second-order valence-corrected chi connectivity index (χ2v) is 4.94. The minimum atomic E-state index is 0.269. The van der Waals surface area contributed by atoms with Crippen LogP contribution in [0, 0.1) is 5.92 Å². The topological polar surface area (TPSA) is 25.4 Å². The van der Waals surface area contributed by atoms with Gasteiger partial charge in [-0.15, -0.1) is 0 Å². The number of hydrogen-bond acceptors (Lipinski definition) is 3. The highest BCUT2D eigenvalue weighted by atomic mass is 16.5. The third-order valence-corrected chi connectivity index (χ3v) is 4.13. The van der Waals surface area contributed by atoms with E-state index in [1.807, 2.05) is 19.5 Å². The van der Waals surface area contributed by atoms with Crippen molar-refractivity contribution in [2.75, 3.05) is 20.7 Å². The third-order valence-electron chi connectivity index (χ3n) is 4.13. The highest BCUT2D eigenvalue weighted by molar-refractivity contribution is 5.33. The Kier molecular flexibility index (Phi) is 2.45. The number of methoxy groups -OCH3 is 1. The zero-order valence-electron chi connectivity index (χ0n) is 9.89. The van der Waals surface area contributed by atoms with E-state index in [4.69, 9.17) is 4.74 Å². The number of rotatable bonds is 1. The smallest absolute Gasteiger partial charge is 0.0828 e. The third kappa shape index (κ3) is 1.39. The van der Waals surface area contributed by atoms with E-state index in [1.165, 1.54) is 24.1 Å². The van der Waals surface area contributed by atoms with Gasteiger partial charge in [0.05, 0.1) is 6.10 Å². The Morgan fingerprint density at radius 2 is 2.31 bits per heavy atom. The molecule has 0 spiro atoms. The van der Waals surface area contributed by atoms with Crippen LogP contribution in [0.1, 0.15) is 36.1 Å². The molecule has 2 aliphatic rings. The Morgan fingerprint density at radius 1 is 1.44 bits per heavy atom. The maximum Gasteiger partial charge on any atom is 0.0828 e. The lowest BCUT2D eigenvalue weighted by atomic mass is 9.79. The molecule has 3 rings (SSSR count). The van der Waals surface area contributed by atoms with Crippen LogP contribution in [0.5, 0.6) is 0 Å². The van der Waals surface area contributed by atoms with Crippen LogP contribution in [0.15, 0.2) is 18.5 Å². The summed E-state index contributed by atoms with van der Waals surface area (Å²) in [4.78, 5) is 6.73. The Morgan fingerprint density at radius 3 is 3.12 bits per heavy atom. The molecule has 0 bridgehead atoms. The van der Waals surface area contributed by atoms with Crippen molar-refractivity contribution in [2.24, 2.45) is 5.92 Å². The van der Waals surface area contributed by atoms with Gasteiger partial charge in [-0.05, 0) is 49.5 Å². The molecule has 16 heavy (non-hydrogen) atoms. The maximum atomic E-state index is 5.61. The lowest BCUT2D eigenvalue weighted by molar-refractivity contribution is 0.0598. The number of pyridine rings is 1. The minimum Gasteiger partial charge on any atom is -0.377 e. The van der Waals surface area contributed by atoms with Crippen LogP contribution >= 0.6 is 0 Å². The molecule has 3 heteroatoms. The molecular formula is C13H18N2O. The van der Waals surface area contributed by atoms with Crippen molar-refractivity contribution in [1.29, 1.82) is 0 Å². The van der Waals surface area contributed by atoms with Crippen molar-refractivity contribution in [3.05, 3.63) is 29.6 Å². The molecule has 0 radical (unpaired) electrons. The summed E-state index contributed by atoms with van der Waals surface area (Å²) in [5.74, 6) is 0.742. The van der Waals surface area contributed by atoms with Crippen molar-refractivity contribution in [3.8, 4) is 0 Å². The molecule has 86 valence electrons. The highest BCUT2D eigenvalue weighted by Crippen LogP contribution is 2.48. The van der Waals surface area contributed by atoms with Crippen molar-refractivity contribution >= 4 is 0 Å². The monoisotopic (exact) mass is 218 g/mol. The molecule has 0 aromatic carbocycles. The Labute approximate surface area is 96.4 Å². The van der Waals surface area contributed by atoms with Crippen molar-refractivity contribution in [1.82, 2.24) is 9.88 Å². The van der Waals surface area contributed by atoms with Crippen LogP contribution in [0.25, 0.3) is 0 Å². The number of nitrogens with zero attached hydrogens (tertiary/aromatic N) is 2. The zero-order valence-corrected chi connectivity index (χ0v) is 9.89. The quantitative estimate of drug-likeness (QED) is 0.722. The highest BCUT2D eigenvalue weighted by Gasteiger charge is 2.40. The zero-order chi connectivity index (χ0) is 11.1. The van der Waals surface area contributed by atoms with Gasteiger partial charge in [-0.1, -0.05) is 0 Å². The van der Waals surface area contributed by atoms with Crippen molar-refractivity contribution < 1.29 is 4.74 Å². The second-order valence-electron chi connectivity index (χ2n) is 4.94. The molecule has 2 heterocycles. The largest absolute Gasteiger partial charge is 0.377 e. The summed E-state index contributed by atoms with van der Waals surface area (Å²) in [6, 6.07) is 2.68. The van der Waals surface area contributed by atoms with E-state index in [-0.39, 0.29) is 6.10 Å². The molecular weight excluding hydrogens is 200 g/mol. The van der Waals surface area contributed by atoms with E-state index in [0.717, 1.165) is 12.3 Å². The Bertz CT molecular complexity index is 393. The number of hydrogen-bond donors (Lipinski definition) is 0. The van der Waals surface area contributed by atoms with Gasteiger partial charge >= 0.3 is 0 Å². The average Bonchev–Trinajstić information content (AvgIpc) is 2.70. The van der Waals surface area contributed by atoms with E-state index in [9.17, 15) is 0 Å². The van der Waals surface area contributed by atoms with Gasteiger partial charge in [-0.2, -0.15) is 0 Å². The summed E-state index contributed by atoms with van der Waals surface area (Å²) >= 11 is 0. The normalized spacial score (nSPS) is 33.5. The van der Waals surface area contributed by atoms with Crippen LogP contribution in [0.2, 0.25) is 0 Å². The fourth-order valence-electron chi connectivity index (χ4n) is 3.35. The summed E-state index contributed by atoms with van der Waals surface area (Å²) in [6.07, 6.45) is 6.61. The van der Waals surface area contributed by atoms with E-state index >= 15 is 0 Å². The first-order valence-electron chi connectivity index (χ1n) is 5.98. The predicted octanol–water partition coefficient (Wildman–Crippen LogP) is 2.17. The van der Waals surface area contributed by atoms with Gasteiger partial charge in [0.1, 0.15) is 0 Å². The molecule has 0 amide bonds. The maximum absolute atomic E-state index is 5.61. The fourth-order valence-corrected chi connectivity index (χ4v) is 3.35. The fraction of sp³-hybridized carbons (Fsp3) is 0.615. The molecule has 1 saturated heterocycles. The van der Waals surface area contributed by atoms with Gasteiger partial charge in [0.25, 0.3) is 0 Å². The first kappa shape index (κ1) is 10.2. The molecule has 1 aliphatic heterocycles. The van der Waals surface area contributed by atoms with E-state index in [0.29, 0.717) is 6.04 Å². The van der Waals surface area contributed by atoms with Gasteiger partial charge in [0.2, 0.25) is 0 Å². The molecule has 0 N–H and O–H groups in total. The summed E-state index contributed by atoms with van der Waals surface area (Å²) in [6.45, 7) is 1.19. The van der Waals surface area contributed by atoms with E-state index in [2.05, 4.69) is 23.0 Å². The lowest BCUT2D eigenvalue weighted by Gasteiger charge is -2.35. The standard InChI is InChI=1S/C13H18N2O/c1-15-6-4-9-7-12(16-2)10-3-5-14-8-11(10)13(9)15/h3,5,8-9,12-13H,4,6-7H2,1-2H3. The minimum absolute atomic E-state index is 0.269. The molecule has 3 unspecified atom stereocenters. The number of aromatic nitrogens is 1. The Balaban J connectivity index is 2.07. The average molecular weight is 218 g/mol. The van der Waals surface area contributed by atoms with Gasteiger partial charge in [0, 0.05) is 25.5 Å². The van der Waals surface area contributed by atoms with E-state index < -0.39 is 0 Å². The Hall–Kier alpha value is -0.930. The van der Waals surface area contributed by atoms with Crippen molar-refractivity contribution in [2.45, 2.75) is 25.0 Å². The van der Waals surface area contributed by atoms with Crippen LogP contribution in [0.4, 0.5) is 0 Å². The van der Waals surface area contributed by atoms with Gasteiger partial charge in [-0.25, -0.2) is 0 Å². The van der Waals surface area contributed by atoms with Crippen LogP contribution in [-0.4, -0.2) is 30.6 Å². The first-order chi connectivity index (χ1) is 7.81. The van der Waals surface area contributed by atoms with Gasteiger partial charge in [0.15, 0.2) is 0 Å². The molecule has 3 nitrogen and oxygen atoms in total. The van der Waals surface area contributed by atoms with Crippen LogP contribution in [-0.2, 0) is 4.74 Å². The molecule has 1 fully saturated rings. The second kappa shape index (κ2) is 3.82. The van der Waals surface area contributed by atoms with Crippen LogP contribution < -0.4 is 0 Å². The summed E-state index contributed by atoms with van der Waals surface area (Å²) in [5, 5.41) is 0. The van der Waals surface area contributed by atoms with Gasteiger partial charge in [-0.3, -0.25) is 9.88 Å². The number of likely N-dealkylation sites (tertiary alicyclic amines) is 1. The van der Waals surface area contributed by atoms with Crippen molar-refractivity contribution in [3.63, 3.8) is 0 Å². The number of ether oxygens (including phenoxy) is 1. The van der Waals surface area contributed by atoms with Crippen LogP contribution in [0.3, 0.4) is 0 Å². The van der Waals surface area contributed by atoms with Gasteiger partial charge < -0.3 is 4.74 Å². The molecule has 0 saturated carbocycles. The first-order valence-corrected chi connectivity index (χ1v) is 5.98. The SMILES string of the molecule is COC1CC2CCN(C)C2c2cnccc21. The molecule has 1 aromatic heterocycles. The number of fused-ring (bicyclic) bond motifs is 3. The molecule has 1 aromatic rings. The predicted molar refractivity (Wildman–Crippen MR) is 62.1 cm³/mol.